The molecule has 1 saturated heterocycles. The molecule has 2 unspecified atom stereocenters. The standard InChI is InChI=1S/C21H26O7/c1-20-6-4-12-19(25)28-15(11-5-7-27-10-11)9-21(12,2)17(20)16(23)14(22)8-13(20)18(24)26-3/h5,7,10,12-15,17,22H,4,6,8-9H2,1-3H3/t12-,13?,14+,15+,17?,20+,21+/m1/s1. The van der Waals surface area contributed by atoms with Gasteiger partial charge in [-0.1, -0.05) is 13.8 Å². The first-order chi connectivity index (χ1) is 13.2. The smallest absolute Gasteiger partial charge is 0.310 e. The van der Waals surface area contributed by atoms with Crippen LogP contribution in [-0.2, 0) is 23.9 Å². The molecule has 1 aliphatic heterocycles. The zero-order valence-corrected chi connectivity index (χ0v) is 16.3. The molecule has 7 heteroatoms. The van der Waals surface area contributed by atoms with Crippen molar-refractivity contribution in [1.82, 2.24) is 0 Å². The SMILES string of the molecule is COC(=O)C1C[C@H](O)C(=O)C2[C@@]1(C)CC[C@@H]1C(=O)O[C@H](c3ccoc3)C[C@]21C. The molecule has 2 heterocycles. The molecule has 1 N–H and O–H groups in total. The third kappa shape index (κ3) is 2.55. The number of carbonyl (C=O) groups is 3. The zero-order valence-electron chi connectivity index (χ0n) is 16.3. The fourth-order valence-corrected chi connectivity index (χ4v) is 6.17. The maximum Gasteiger partial charge on any atom is 0.310 e. The summed E-state index contributed by atoms with van der Waals surface area (Å²) in [7, 11) is 1.32. The van der Waals surface area contributed by atoms with Gasteiger partial charge in [0.2, 0.25) is 0 Å². The maximum absolute atomic E-state index is 13.2. The van der Waals surface area contributed by atoms with Crippen LogP contribution >= 0.6 is 0 Å². The van der Waals surface area contributed by atoms with E-state index in [0.29, 0.717) is 19.3 Å². The van der Waals surface area contributed by atoms with Crippen molar-refractivity contribution in [3.63, 3.8) is 0 Å². The van der Waals surface area contributed by atoms with Gasteiger partial charge in [-0.05, 0) is 42.6 Å². The quantitative estimate of drug-likeness (QED) is 0.774. The van der Waals surface area contributed by atoms with Gasteiger partial charge in [0.15, 0.2) is 5.78 Å². The molecule has 7 atom stereocenters. The van der Waals surface area contributed by atoms with E-state index in [-0.39, 0.29) is 18.2 Å². The first-order valence-corrected chi connectivity index (χ1v) is 9.74. The molecular formula is C21H26O7. The molecule has 3 aliphatic rings. The monoisotopic (exact) mass is 390 g/mol. The van der Waals surface area contributed by atoms with Gasteiger partial charge < -0.3 is 19.0 Å². The Morgan fingerprint density at radius 1 is 1.29 bits per heavy atom. The molecule has 2 aliphatic carbocycles. The van der Waals surface area contributed by atoms with Crippen LogP contribution in [0.25, 0.3) is 0 Å². The van der Waals surface area contributed by atoms with Crippen molar-refractivity contribution in [2.45, 2.75) is 51.7 Å². The van der Waals surface area contributed by atoms with Crippen LogP contribution in [0.3, 0.4) is 0 Å². The molecular weight excluding hydrogens is 364 g/mol. The fourth-order valence-electron chi connectivity index (χ4n) is 6.17. The largest absolute Gasteiger partial charge is 0.472 e. The summed E-state index contributed by atoms with van der Waals surface area (Å²) in [5, 5.41) is 10.5. The summed E-state index contributed by atoms with van der Waals surface area (Å²) in [6.07, 6.45) is 2.88. The van der Waals surface area contributed by atoms with Gasteiger partial charge in [0.05, 0.1) is 31.5 Å². The average Bonchev–Trinajstić information content (AvgIpc) is 3.18. The lowest BCUT2D eigenvalue weighted by molar-refractivity contribution is -0.207. The highest BCUT2D eigenvalue weighted by Gasteiger charge is 2.67. The predicted molar refractivity (Wildman–Crippen MR) is 95.7 cm³/mol. The van der Waals surface area contributed by atoms with E-state index in [2.05, 4.69) is 0 Å². The van der Waals surface area contributed by atoms with E-state index in [1.165, 1.54) is 13.4 Å². The van der Waals surface area contributed by atoms with Crippen LogP contribution in [0.2, 0.25) is 0 Å². The third-order valence-electron chi connectivity index (χ3n) is 7.52. The first-order valence-electron chi connectivity index (χ1n) is 9.74. The van der Waals surface area contributed by atoms with Gasteiger partial charge in [-0.3, -0.25) is 14.4 Å². The lowest BCUT2D eigenvalue weighted by atomic mass is 9.43. The van der Waals surface area contributed by atoms with Crippen LogP contribution in [0.1, 0.15) is 51.2 Å². The second-order valence-corrected chi connectivity index (χ2v) is 8.95. The van der Waals surface area contributed by atoms with Crippen molar-refractivity contribution >= 4 is 17.7 Å². The van der Waals surface area contributed by atoms with Gasteiger partial charge in [-0.25, -0.2) is 0 Å². The van der Waals surface area contributed by atoms with Crippen LogP contribution < -0.4 is 0 Å². The normalized spacial score (nSPS) is 42.9. The summed E-state index contributed by atoms with van der Waals surface area (Å²) in [4.78, 5) is 38.6. The molecule has 1 aromatic heterocycles. The zero-order chi connectivity index (χ0) is 20.3. The molecule has 0 aromatic carbocycles. The number of fused-ring (bicyclic) bond motifs is 3. The minimum absolute atomic E-state index is 0.0643. The molecule has 1 aromatic rings. The van der Waals surface area contributed by atoms with Crippen LogP contribution in [0.15, 0.2) is 23.0 Å². The Morgan fingerprint density at radius 2 is 2.04 bits per heavy atom. The summed E-state index contributed by atoms with van der Waals surface area (Å²) in [5.41, 5.74) is -0.656. The number of ketones is 1. The molecule has 0 spiro atoms. The lowest BCUT2D eigenvalue weighted by Gasteiger charge is -2.60. The fraction of sp³-hybridized carbons (Fsp3) is 0.667. The van der Waals surface area contributed by atoms with E-state index < -0.39 is 46.8 Å². The number of hydrogen-bond donors (Lipinski definition) is 1. The van der Waals surface area contributed by atoms with Gasteiger partial charge in [-0.2, -0.15) is 0 Å². The van der Waals surface area contributed by atoms with Crippen molar-refractivity contribution < 1.29 is 33.4 Å². The van der Waals surface area contributed by atoms with Gasteiger partial charge in [0, 0.05) is 11.5 Å². The highest BCUT2D eigenvalue weighted by molar-refractivity contribution is 5.91. The van der Waals surface area contributed by atoms with Gasteiger partial charge in [0.25, 0.3) is 0 Å². The minimum Gasteiger partial charge on any atom is -0.472 e. The number of methoxy groups -OCH3 is 1. The second-order valence-electron chi connectivity index (χ2n) is 8.95. The Balaban J connectivity index is 1.79. The number of Topliss-reactive ketones (excluding diaryl/α,β-unsaturated/α-hetero) is 1. The van der Waals surface area contributed by atoms with E-state index in [0.717, 1.165) is 5.56 Å². The molecule has 7 nitrogen and oxygen atoms in total. The topological polar surface area (TPSA) is 103 Å². The summed E-state index contributed by atoms with van der Waals surface area (Å²) in [6, 6.07) is 1.75. The minimum atomic E-state index is -1.23. The van der Waals surface area contributed by atoms with Crippen LogP contribution in [0.4, 0.5) is 0 Å². The van der Waals surface area contributed by atoms with Gasteiger partial charge in [0.1, 0.15) is 12.2 Å². The van der Waals surface area contributed by atoms with E-state index in [4.69, 9.17) is 13.9 Å². The molecule has 0 radical (unpaired) electrons. The van der Waals surface area contributed by atoms with E-state index >= 15 is 0 Å². The van der Waals surface area contributed by atoms with Crippen molar-refractivity contribution in [3.8, 4) is 0 Å². The van der Waals surface area contributed by atoms with Crippen LogP contribution in [0, 0.1) is 28.6 Å². The molecule has 2 saturated carbocycles. The Labute approximate surface area is 163 Å². The highest BCUT2D eigenvalue weighted by atomic mass is 16.5. The van der Waals surface area contributed by atoms with Crippen molar-refractivity contribution in [3.05, 3.63) is 24.2 Å². The molecule has 4 rings (SSSR count). The Bertz CT molecular complexity index is 800. The molecule has 0 amide bonds. The Morgan fingerprint density at radius 3 is 2.68 bits per heavy atom. The molecule has 152 valence electrons. The molecule has 0 bridgehead atoms. The molecule has 28 heavy (non-hydrogen) atoms. The van der Waals surface area contributed by atoms with Crippen LogP contribution in [0.5, 0.6) is 0 Å². The number of hydrogen-bond acceptors (Lipinski definition) is 7. The number of ether oxygens (including phenoxy) is 2. The number of cyclic esters (lactones) is 1. The number of furan rings is 1. The highest BCUT2D eigenvalue weighted by Crippen LogP contribution is 2.64. The maximum atomic E-state index is 13.2. The van der Waals surface area contributed by atoms with Gasteiger partial charge >= 0.3 is 11.9 Å². The number of aliphatic hydroxyl groups excluding tert-OH is 1. The number of rotatable bonds is 2. The number of aliphatic hydroxyl groups is 1. The first kappa shape index (κ1) is 19.2. The van der Waals surface area contributed by atoms with E-state index in [1.54, 1.807) is 12.3 Å². The van der Waals surface area contributed by atoms with Gasteiger partial charge in [-0.15, -0.1) is 0 Å². The molecule has 3 fully saturated rings. The van der Waals surface area contributed by atoms with E-state index in [9.17, 15) is 19.5 Å². The number of carbonyl (C=O) groups excluding carboxylic acids is 3. The summed E-state index contributed by atoms with van der Waals surface area (Å²) >= 11 is 0. The summed E-state index contributed by atoms with van der Waals surface area (Å²) < 4.78 is 15.8. The Kier molecular flexibility index (Phi) is 4.41. The van der Waals surface area contributed by atoms with Crippen molar-refractivity contribution in [1.29, 1.82) is 0 Å². The average molecular weight is 390 g/mol. The number of esters is 2. The van der Waals surface area contributed by atoms with Crippen LogP contribution in [-0.4, -0.2) is 36.0 Å². The predicted octanol–water partition coefficient (Wildman–Crippen LogP) is 2.43. The third-order valence-corrected chi connectivity index (χ3v) is 7.52. The van der Waals surface area contributed by atoms with Crippen molar-refractivity contribution in [2.24, 2.45) is 28.6 Å². The summed E-state index contributed by atoms with van der Waals surface area (Å²) in [6.45, 7) is 3.86. The summed E-state index contributed by atoms with van der Waals surface area (Å²) in [5.74, 6) is -2.68. The lowest BCUT2D eigenvalue weighted by Crippen LogP contribution is -2.64. The van der Waals surface area contributed by atoms with E-state index in [1.807, 2.05) is 13.8 Å². The second kappa shape index (κ2) is 6.44. The Hall–Kier alpha value is -2.15. The van der Waals surface area contributed by atoms with Crippen molar-refractivity contribution in [2.75, 3.05) is 7.11 Å².